The van der Waals surface area contributed by atoms with Crippen LogP contribution >= 0.6 is 23.2 Å². The zero-order valence-electron chi connectivity index (χ0n) is 17.7. The molecule has 2 aliphatic heterocycles. The van der Waals surface area contributed by atoms with E-state index in [0.29, 0.717) is 48.2 Å². The molecule has 2 aromatic rings. The minimum absolute atomic E-state index is 0.0195. The van der Waals surface area contributed by atoms with Gasteiger partial charge in [0, 0.05) is 54.6 Å². The second-order valence-corrected chi connectivity index (χ2v) is 8.73. The van der Waals surface area contributed by atoms with Gasteiger partial charge in [-0.25, -0.2) is 4.39 Å². The van der Waals surface area contributed by atoms with Crippen LogP contribution < -0.4 is 10.6 Å². The maximum atomic E-state index is 14.0. The molecule has 6 nitrogen and oxygen atoms in total. The molecule has 2 heterocycles. The van der Waals surface area contributed by atoms with Gasteiger partial charge in [0.15, 0.2) is 0 Å². The van der Waals surface area contributed by atoms with Crippen LogP contribution in [-0.4, -0.2) is 61.9 Å². The third-order valence-corrected chi connectivity index (χ3v) is 6.72. The second kappa shape index (κ2) is 10.2. The molecule has 0 spiro atoms. The normalized spacial score (nSPS) is 19.7. The molecule has 2 aliphatic rings. The number of morpholine rings is 1. The van der Waals surface area contributed by atoms with Crippen molar-refractivity contribution in [1.82, 2.24) is 4.90 Å². The van der Waals surface area contributed by atoms with Crippen molar-refractivity contribution < 1.29 is 9.13 Å². The van der Waals surface area contributed by atoms with Crippen LogP contribution in [0, 0.1) is 11.2 Å². The summed E-state index contributed by atoms with van der Waals surface area (Å²) >= 11 is 12.5. The number of nitrogens with zero attached hydrogens (tertiary/aromatic N) is 3. The number of aliphatic imine (C=N–C) groups is 1. The summed E-state index contributed by atoms with van der Waals surface area (Å²) in [6, 6.07) is 10.5. The Morgan fingerprint density at radius 3 is 2.56 bits per heavy atom. The molecule has 0 bridgehead atoms. The summed E-state index contributed by atoms with van der Waals surface area (Å²) in [4.78, 5) is 8.72. The molecule has 0 saturated carbocycles. The van der Waals surface area contributed by atoms with Crippen molar-refractivity contribution in [2.75, 3.05) is 44.3 Å². The minimum atomic E-state index is -0.505. The largest absolute Gasteiger partial charge is 0.386 e. The van der Waals surface area contributed by atoms with Crippen LogP contribution in [0.15, 0.2) is 41.4 Å². The zero-order chi connectivity index (χ0) is 22.7. The van der Waals surface area contributed by atoms with E-state index in [9.17, 15) is 4.39 Å². The first-order valence-corrected chi connectivity index (χ1v) is 11.4. The number of anilines is 1. The second-order valence-electron chi connectivity index (χ2n) is 7.94. The molecule has 0 aromatic heterocycles. The van der Waals surface area contributed by atoms with Crippen molar-refractivity contribution >= 4 is 40.4 Å². The van der Waals surface area contributed by atoms with Crippen molar-refractivity contribution in [1.29, 1.82) is 5.41 Å². The van der Waals surface area contributed by atoms with Gasteiger partial charge in [-0.2, -0.15) is 0 Å². The number of amidine groups is 1. The number of nitrogens with one attached hydrogen (secondary N) is 1. The molecule has 1 unspecified atom stereocenters. The molecule has 0 amide bonds. The monoisotopic (exact) mass is 477 g/mol. The van der Waals surface area contributed by atoms with Gasteiger partial charge in [-0.15, -0.1) is 0 Å². The number of ether oxygens (including phenoxy) is 1. The van der Waals surface area contributed by atoms with Crippen LogP contribution in [0.5, 0.6) is 0 Å². The number of hydrogen-bond donors (Lipinski definition) is 2. The molecule has 32 heavy (non-hydrogen) atoms. The van der Waals surface area contributed by atoms with E-state index in [1.54, 1.807) is 0 Å². The maximum absolute atomic E-state index is 14.0. The van der Waals surface area contributed by atoms with Crippen LogP contribution in [0.4, 0.5) is 10.1 Å². The van der Waals surface area contributed by atoms with Gasteiger partial charge in [-0.1, -0.05) is 35.3 Å². The van der Waals surface area contributed by atoms with Gasteiger partial charge in [-0.05, 0) is 29.8 Å². The average Bonchev–Trinajstić information content (AvgIpc) is 2.82. The Morgan fingerprint density at radius 1 is 1.12 bits per heavy atom. The molecule has 0 radical (unpaired) electrons. The fraction of sp³-hybridized carbons (Fsp3) is 0.391. The van der Waals surface area contributed by atoms with E-state index in [0.717, 1.165) is 37.6 Å². The van der Waals surface area contributed by atoms with Gasteiger partial charge >= 0.3 is 0 Å². The molecule has 1 fully saturated rings. The molecule has 9 heteroatoms. The van der Waals surface area contributed by atoms with Gasteiger partial charge in [0.25, 0.3) is 0 Å². The van der Waals surface area contributed by atoms with Gasteiger partial charge in [0.2, 0.25) is 0 Å². The third kappa shape index (κ3) is 5.07. The first kappa shape index (κ1) is 23.0. The summed E-state index contributed by atoms with van der Waals surface area (Å²) in [5, 5.41) is 9.10. The highest BCUT2D eigenvalue weighted by molar-refractivity contribution is 6.36. The molecular weight excluding hydrogens is 452 g/mol. The predicted octanol–water partition coefficient (Wildman–Crippen LogP) is 3.97. The van der Waals surface area contributed by atoms with Gasteiger partial charge in [-0.3, -0.25) is 9.89 Å². The quantitative estimate of drug-likeness (QED) is 0.487. The number of benzene rings is 2. The smallest absolute Gasteiger partial charge is 0.142 e. The summed E-state index contributed by atoms with van der Waals surface area (Å²) in [7, 11) is 0. The molecule has 4 rings (SSSR count). The molecule has 0 aliphatic carbocycles. The van der Waals surface area contributed by atoms with Crippen molar-refractivity contribution in [2.45, 2.75) is 19.0 Å². The lowest BCUT2D eigenvalue weighted by Crippen LogP contribution is -2.50. The minimum Gasteiger partial charge on any atom is -0.386 e. The molecule has 170 valence electrons. The Morgan fingerprint density at radius 2 is 1.84 bits per heavy atom. The number of hydrogen-bond acceptors (Lipinski definition) is 6. The molecule has 3 N–H and O–H groups in total. The summed E-state index contributed by atoms with van der Waals surface area (Å²) < 4.78 is 19.4. The van der Waals surface area contributed by atoms with E-state index < -0.39 is 5.82 Å². The summed E-state index contributed by atoms with van der Waals surface area (Å²) in [5.41, 5.74) is 9.18. The Bertz CT molecular complexity index is 1010. The fourth-order valence-corrected chi connectivity index (χ4v) is 4.59. The van der Waals surface area contributed by atoms with Crippen LogP contribution in [0.25, 0.3) is 0 Å². The molecule has 2 aromatic carbocycles. The Balaban J connectivity index is 1.48. The van der Waals surface area contributed by atoms with Crippen molar-refractivity contribution in [3.8, 4) is 0 Å². The lowest BCUT2D eigenvalue weighted by molar-refractivity contribution is 0.122. The summed E-state index contributed by atoms with van der Waals surface area (Å²) in [5.74, 6) is -0.0380. The third-order valence-electron chi connectivity index (χ3n) is 5.95. The van der Waals surface area contributed by atoms with Crippen molar-refractivity contribution in [3.63, 3.8) is 0 Å². The summed E-state index contributed by atoms with van der Waals surface area (Å²) in [6.45, 7) is 4.68. The van der Waals surface area contributed by atoms with E-state index in [2.05, 4.69) is 14.8 Å². The van der Waals surface area contributed by atoms with Crippen LogP contribution in [0.1, 0.15) is 17.5 Å². The number of nitrogens with two attached hydrogens (primary N) is 1. The average molecular weight is 478 g/mol. The Labute approximate surface area is 197 Å². The van der Waals surface area contributed by atoms with E-state index in [1.165, 1.54) is 12.1 Å². The molecular formula is C23H26Cl2FN5O. The predicted molar refractivity (Wildman–Crippen MR) is 128 cm³/mol. The van der Waals surface area contributed by atoms with Gasteiger partial charge < -0.3 is 20.8 Å². The van der Waals surface area contributed by atoms with E-state index in [-0.39, 0.29) is 11.1 Å². The molecule has 1 saturated heterocycles. The number of halogens is 3. The van der Waals surface area contributed by atoms with Crippen LogP contribution in [0.3, 0.4) is 0 Å². The first-order chi connectivity index (χ1) is 15.4. The first-order valence-electron chi connectivity index (χ1n) is 10.6. The lowest BCUT2D eigenvalue weighted by Gasteiger charge is -2.34. The van der Waals surface area contributed by atoms with Crippen molar-refractivity contribution in [3.05, 3.63) is 63.4 Å². The van der Waals surface area contributed by atoms with Crippen LogP contribution in [0.2, 0.25) is 10.0 Å². The van der Waals surface area contributed by atoms with Gasteiger partial charge in [0.05, 0.1) is 30.8 Å². The van der Waals surface area contributed by atoms with Gasteiger partial charge in [0.1, 0.15) is 11.7 Å². The highest BCUT2D eigenvalue weighted by Crippen LogP contribution is 2.30. The van der Waals surface area contributed by atoms with E-state index in [1.807, 2.05) is 24.3 Å². The van der Waals surface area contributed by atoms with Crippen molar-refractivity contribution in [2.24, 2.45) is 10.7 Å². The highest BCUT2D eigenvalue weighted by atomic mass is 35.5. The van der Waals surface area contributed by atoms with Crippen LogP contribution in [-0.2, 0) is 11.3 Å². The topological polar surface area (TPSA) is 77.9 Å². The molecule has 1 atom stereocenters. The van der Waals surface area contributed by atoms with E-state index >= 15 is 0 Å². The SMILES string of the molecule is N=C(CC1C(N)=NCCN1Cc1c(Cl)ccc(F)c1Cl)c1ccc(N2CCOCC2)cc1. The highest BCUT2D eigenvalue weighted by Gasteiger charge is 2.28. The standard InChI is InChI=1S/C23H26Cl2FN5O/c24-18-5-6-19(26)22(25)17(18)14-31-8-7-29-23(28)21(31)13-20(27)15-1-3-16(4-2-15)30-9-11-32-12-10-30/h1-6,21,27H,7-14H2,(H2,28,29). The lowest BCUT2D eigenvalue weighted by atomic mass is 9.99. The number of rotatable bonds is 6. The fourth-order valence-electron chi connectivity index (χ4n) is 4.10. The summed E-state index contributed by atoms with van der Waals surface area (Å²) in [6.07, 6.45) is 0.386. The zero-order valence-corrected chi connectivity index (χ0v) is 19.2. The van der Waals surface area contributed by atoms with E-state index in [4.69, 9.17) is 39.1 Å². The Kier molecular flexibility index (Phi) is 7.30. The Hall–Kier alpha value is -2.19. The maximum Gasteiger partial charge on any atom is 0.142 e.